The number of hydrogen-bond acceptors (Lipinski definition) is 2. The van der Waals surface area contributed by atoms with E-state index >= 15 is 0 Å². The molecule has 1 rings (SSSR count). The molecule has 3 heteroatoms. The Hall–Kier alpha value is -0.200. The maximum absolute atomic E-state index is 10.3. The lowest BCUT2D eigenvalue weighted by Gasteiger charge is -1.87. The van der Waals surface area contributed by atoms with Crippen LogP contribution in [-0.2, 0) is 9.09 Å². The summed E-state index contributed by atoms with van der Waals surface area (Å²) in [5.74, 6) is 1.60. The van der Waals surface area contributed by atoms with Gasteiger partial charge in [-0.15, -0.1) is 4.52 Å². The highest BCUT2D eigenvalue weighted by atomic mass is 31.1. The van der Waals surface area contributed by atoms with Gasteiger partial charge >= 0.3 is 8.03 Å². The second-order valence-electron chi connectivity index (χ2n) is 1.29. The molecule has 0 saturated heterocycles. The van der Waals surface area contributed by atoms with Crippen molar-refractivity contribution in [2.24, 2.45) is 0 Å². The van der Waals surface area contributed by atoms with Crippen molar-refractivity contribution in [3.8, 4) is 0 Å². The van der Waals surface area contributed by atoms with Crippen LogP contribution >= 0.6 is 8.03 Å². The largest absolute Gasteiger partial charge is 0.540 e. The fraction of sp³-hybridized carbons (Fsp3) is 0.500. The first-order chi connectivity index (χ1) is 3.39. The van der Waals surface area contributed by atoms with Crippen molar-refractivity contribution < 1.29 is 9.09 Å². The van der Waals surface area contributed by atoms with Crippen molar-refractivity contribution in [1.82, 2.24) is 0 Å². The summed E-state index contributed by atoms with van der Waals surface area (Å²) in [6.45, 7) is 0.617. The van der Waals surface area contributed by atoms with Crippen molar-refractivity contribution >= 4 is 8.03 Å². The molecular weight excluding hydrogens is 111 g/mol. The summed E-state index contributed by atoms with van der Waals surface area (Å²) in [6, 6.07) is 0. The monoisotopic (exact) mass is 117 g/mol. The summed E-state index contributed by atoms with van der Waals surface area (Å²) < 4.78 is 15.0. The van der Waals surface area contributed by atoms with Crippen LogP contribution in [0.2, 0.25) is 0 Å². The van der Waals surface area contributed by atoms with Crippen molar-refractivity contribution in [2.45, 2.75) is 6.42 Å². The van der Waals surface area contributed by atoms with Gasteiger partial charge in [0.15, 0.2) is 5.82 Å². The molecule has 0 saturated carbocycles. The van der Waals surface area contributed by atoms with Crippen LogP contribution in [0.5, 0.6) is 0 Å². The van der Waals surface area contributed by atoms with Gasteiger partial charge in [0.25, 0.3) is 0 Å². The SMILES string of the molecule is O=[P+]1C=CCCO1. The van der Waals surface area contributed by atoms with Crippen molar-refractivity contribution in [1.29, 1.82) is 0 Å². The Bertz CT molecular complexity index is 108. The first-order valence-corrected chi connectivity index (χ1v) is 3.40. The minimum absolute atomic E-state index is 0.617. The molecule has 7 heavy (non-hydrogen) atoms. The Balaban J connectivity index is 2.51. The van der Waals surface area contributed by atoms with Gasteiger partial charge < -0.3 is 0 Å². The van der Waals surface area contributed by atoms with E-state index in [-0.39, 0.29) is 0 Å². The maximum atomic E-state index is 10.3. The highest BCUT2D eigenvalue weighted by Gasteiger charge is 2.14. The molecule has 1 heterocycles. The topological polar surface area (TPSA) is 26.3 Å². The summed E-state index contributed by atoms with van der Waals surface area (Å²) in [6.07, 6.45) is 2.78. The van der Waals surface area contributed by atoms with E-state index in [1.165, 1.54) is 0 Å². The molecule has 0 fully saturated rings. The fourth-order valence-corrected chi connectivity index (χ4v) is 1.11. The van der Waals surface area contributed by atoms with Gasteiger partial charge in [0.05, 0.1) is 0 Å². The molecule has 0 aromatic rings. The summed E-state index contributed by atoms with van der Waals surface area (Å²) in [5.41, 5.74) is 0. The van der Waals surface area contributed by atoms with Crippen LogP contribution in [0, 0.1) is 0 Å². The zero-order chi connectivity index (χ0) is 5.11. The highest BCUT2D eigenvalue weighted by molar-refractivity contribution is 7.42. The van der Waals surface area contributed by atoms with E-state index in [1.54, 1.807) is 5.82 Å². The third-order valence-corrected chi connectivity index (χ3v) is 1.62. The predicted molar refractivity (Wildman–Crippen MR) is 27.3 cm³/mol. The molecule has 0 amide bonds. The Kier molecular flexibility index (Phi) is 1.55. The van der Waals surface area contributed by atoms with Gasteiger partial charge in [0.2, 0.25) is 0 Å². The minimum Gasteiger partial charge on any atom is -0.142 e. The molecule has 2 nitrogen and oxygen atoms in total. The number of hydrogen-bond donors (Lipinski definition) is 0. The molecule has 1 aliphatic rings. The third kappa shape index (κ3) is 1.38. The molecule has 0 bridgehead atoms. The lowest BCUT2D eigenvalue weighted by Crippen LogP contribution is -1.85. The van der Waals surface area contributed by atoms with Gasteiger partial charge in [-0.05, 0) is 17.1 Å². The van der Waals surface area contributed by atoms with Crippen LogP contribution < -0.4 is 0 Å². The fourth-order valence-electron chi connectivity index (χ4n) is 0.414. The van der Waals surface area contributed by atoms with E-state index in [4.69, 9.17) is 4.52 Å². The molecule has 0 radical (unpaired) electrons. The summed E-state index contributed by atoms with van der Waals surface area (Å²) in [4.78, 5) is 0. The Morgan fingerprint density at radius 1 is 1.71 bits per heavy atom. The first-order valence-electron chi connectivity index (χ1n) is 2.15. The molecule has 0 N–H and O–H groups in total. The molecule has 1 unspecified atom stereocenters. The van der Waals surface area contributed by atoms with E-state index < -0.39 is 8.03 Å². The van der Waals surface area contributed by atoms with Gasteiger partial charge in [-0.2, -0.15) is 0 Å². The molecule has 0 aromatic carbocycles. The second kappa shape index (κ2) is 2.20. The highest BCUT2D eigenvalue weighted by Crippen LogP contribution is 2.27. The average Bonchev–Trinajstić information content (AvgIpc) is 1.69. The lowest BCUT2D eigenvalue weighted by atomic mass is 10.5. The second-order valence-corrected chi connectivity index (χ2v) is 2.42. The first kappa shape index (κ1) is 4.95. The van der Waals surface area contributed by atoms with E-state index in [1.807, 2.05) is 6.08 Å². The van der Waals surface area contributed by atoms with Crippen molar-refractivity contribution in [3.05, 3.63) is 11.9 Å². The van der Waals surface area contributed by atoms with Crippen LogP contribution in [-0.4, -0.2) is 6.61 Å². The van der Waals surface area contributed by atoms with Gasteiger partial charge in [0, 0.05) is 0 Å². The third-order valence-electron chi connectivity index (χ3n) is 0.730. The summed E-state index contributed by atoms with van der Waals surface area (Å²) in [7, 11) is -1.42. The van der Waals surface area contributed by atoms with Gasteiger partial charge in [0.1, 0.15) is 6.61 Å². The molecule has 38 valence electrons. The zero-order valence-corrected chi connectivity index (χ0v) is 4.73. The van der Waals surface area contributed by atoms with E-state index in [9.17, 15) is 4.57 Å². The quantitative estimate of drug-likeness (QED) is 0.451. The molecule has 1 atom stereocenters. The Morgan fingerprint density at radius 2 is 2.57 bits per heavy atom. The van der Waals surface area contributed by atoms with E-state index in [2.05, 4.69) is 0 Å². The van der Waals surface area contributed by atoms with Crippen LogP contribution in [0.1, 0.15) is 6.42 Å². The van der Waals surface area contributed by atoms with Gasteiger partial charge in [-0.25, -0.2) is 0 Å². The minimum atomic E-state index is -1.42. The van der Waals surface area contributed by atoms with Crippen molar-refractivity contribution in [3.63, 3.8) is 0 Å². The van der Waals surface area contributed by atoms with Gasteiger partial charge in [-0.1, -0.05) is 0 Å². The predicted octanol–water partition coefficient (Wildman–Crippen LogP) is 1.66. The van der Waals surface area contributed by atoms with E-state index in [0.29, 0.717) is 6.61 Å². The zero-order valence-electron chi connectivity index (χ0n) is 3.83. The average molecular weight is 117 g/mol. The Labute approximate surface area is 43.0 Å². The smallest absolute Gasteiger partial charge is 0.142 e. The maximum Gasteiger partial charge on any atom is 0.540 e. The molecule has 0 spiro atoms. The molecular formula is C4H6O2P+. The van der Waals surface area contributed by atoms with Crippen LogP contribution in [0.25, 0.3) is 0 Å². The molecule has 0 aliphatic carbocycles. The van der Waals surface area contributed by atoms with Crippen LogP contribution in [0.15, 0.2) is 11.9 Å². The van der Waals surface area contributed by atoms with Gasteiger partial charge in [-0.3, -0.25) is 0 Å². The summed E-state index contributed by atoms with van der Waals surface area (Å²) in [5, 5.41) is 0. The lowest BCUT2D eigenvalue weighted by molar-refractivity contribution is 0.336. The Morgan fingerprint density at radius 3 is 2.86 bits per heavy atom. The van der Waals surface area contributed by atoms with E-state index in [0.717, 1.165) is 6.42 Å². The normalized spacial score (nSPS) is 25.4. The standard InChI is InChI=1S/C4H6O2P/c5-7-4-2-1-3-6-7/h2,4H,1,3H2/q+1. The molecule has 0 aromatic heterocycles. The van der Waals surface area contributed by atoms with Crippen LogP contribution in [0.4, 0.5) is 0 Å². The van der Waals surface area contributed by atoms with Crippen molar-refractivity contribution in [2.75, 3.05) is 6.61 Å². The summed E-state index contributed by atoms with van der Waals surface area (Å²) >= 11 is 0. The van der Waals surface area contributed by atoms with Crippen LogP contribution in [0.3, 0.4) is 0 Å². The molecule has 1 aliphatic heterocycles. The number of rotatable bonds is 0.